The van der Waals surface area contributed by atoms with Crippen molar-refractivity contribution in [3.63, 3.8) is 0 Å². The molecule has 2 rings (SSSR count). The Labute approximate surface area is 121 Å². The molecule has 0 fully saturated rings. The van der Waals surface area contributed by atoms with E-state index in [1.165, 1.54) is 11.8 Å². The normalized spacial score (nSPS) is 16.6. The third-order valence-corrected chi connectivity index (χ3v) is 3.62. The summed E-state index contributed by atoms with van der Waals surface area (Å²) in [6.45, 7) is 1.98. The lowest BCUT2D eigenvalue weighted by Gasteiger charge is -2.04. The average Bonchev–Trinajstić information content (AvgIpc) is 2.81. The number of aliphatic hydroxyl groups is 1. The molecular weight excluding hydrogens is 278 g/mol. The zero-order chi connectivity index (χ0) is 14.5. The van der Waals surface area contributed by atoms with E-state index in [0.717, 1.165) is 5.75 Å². The van der Waals surface area contributed by atoms with Gasteiger partial charge in [0.15, 0.2) is 0 Å². The molecule has 0 amide bonds. The number of hydrogen-bond acceptors (Lipinski definition) is 6. The fourth-order valence-corrected chi connectivity index (χ4v) is 2.61. The molecule has 0 aromatic heterocycles. The number of nitrogens with zero attached hydrogens (tertiary/aromatic N) is 1. The summed E-state index contributed by atoms with van der Waals surface area (Å²) in [5.74, 6) is 0.545. The van der Waals surface area contributed by atoms with Crippen molar-refractivity contribution in [3.05, 3.63) is 35.6 Å². The molecule has 1 aliphatic heterocycles. The molecule has 0 bridgehead atoms. The molecule has 106 valence electrons. The average molecular weight is 293 g/mol. The van der Waals surface area contributed by atoms with Crippen LogP contribution in [0.25, 0.3) is 0 Å². The molecule has 20 heavy (non-hydrogen) atoms. The van der Waals surface area contributed by atoms with Crippen LogP contribution < -0.4 is 4.74 Å². The number of carbonyl (C=O) groups is 1. The summed E-state index contributed by atoms with van der Waals surface area (Å²) in [6, 6.07) is 7.13. The SMILES string of the molecule is CCOC(=O)C1=C(O)CSC1=Nc1ccc(OC)cc1. The Bertz CT molecular complexity index is 563. The monoisotopic (exact) mass is 293 g/mol. The fraction of sp³-hybridized carbons (Fsp3) is 0.286. The summed E-state index contributed by atoms with van der Waals surface area (Å²) in [4.78, 5) is 16.2. The highest BCUT2D eigenvalue weighted by Gasteiger charge is 2.29. The second-order valence-electron chi connectivity index (χ2n) is 3.95. The molecule has 1 aromatic rings. The topological polar surface area (TPSA) is 68.1 Å². The summed E-state index contributed by atoms with van der Waals surface area (Å²) < 4.78 is 10.0. The van der Waals surface area contributed by atoms with Gasteiger partial charge in [-0.05, 0) is 31.2 Å². The van der Waals surface area contributed by atoms with Crippen molar-refractivity contribution < 1.29 is 19.4 Å². The van der Waals surface area contributed by atoms with E-state index in [1.54, 1.807) is 38.3 Å². The van der Waals surface area contributed by atoms with Crippen molar-refractivity contribution in [1.29, 1.82) is 0 Å². The highest BCUT2D eigenvalue weighted by atomic mass is 32.2. The lowest BCUT2D eigenvalue weighted by atomic mass is 10.2. The molecule has 0 saturated carbocycles. The van der Waals surface area contributed by atoms with Gasteiger partial charge in [0.2, 0.25) is 0 Å². The van der Waals surface area contributed by atoms with E-state index in [1.807, 2.05) is 0 Å². The maximum Gasteiger partial charge on any atom is 0.344 e. The van der Waals surface area contributed by atoms with Gasteiger partial charge in [0.1, 0.15) is 22.1 Å². The molecule has 0 atom stereocenters. The molecular formula is C14H15NO4S. The van der Waals surface area contributed by atoms with Crippen molar-refractivity contribution in [1.82, 2.24) is 0 Å². The standard InChI is InChI=1S/C14H15NO4S/c1-3-19-14(17)12-11(16)8-20-13(12)15-9-4-6-10(18-2)7-5-9/h4-7,16H,3,8H2,1-2H3. The summed E-state index contributed by atoms with van der Waals surface area (Å²) in [6.07, 6.45) is 0. The highest BCUT2D eigenvalue weighted by molar-refractivity contribution is 8.15. The van der Waals surface area contributed by atoms with Gasteiger partial charge in [-0.3, -0.25) is 0 Å². The number of aliphatic imine (C=N–C) groups is 1. The van der Waals surface area contributed by atoms with E-state index in [0.29, 0.717) is 16.5 Å². The van der Waals surface area contributed by atoms with Crippen molar-refractivity contribution in [2.45, 2.75) is 6.92 Å². The lowest BCUT2D eigenvalue weighted by Crippen LogP contribution is -2.12. The first-order chi connectivity index (χ1) is 9.65. The number of hydrogen-bond donors (Lipinski definition) is 1. The van der Waals surface area contributed by atoms with Crippen LogP contribution in [0.3, 0.4) is 0 Å². The molecule has 5 nitrogen and oxygen atoms in total. The minimum absolute atomic E-state index is 0.0145. The predicted octanol–water partition coefficient (Wildman–Crippen LogP) is 2.85. The van der Waals surface area contributed by atoms with Crippen LogP contribution in [0, 0.1) is 0 Å². The van der Waals surface area contributed by atoms with E-state index in [2.05, 4.69) is 4.99 Å². The van der Waals surface area contributed by atoms with Gasteiger partial charge in [0, 0.05) is 0 Å². The number of ether oxygens (including phenoxy) is 2. The van der Waals surface area contributed by atoms with E-state index < -0.39 is 5.97 Å². The molecule has 6 heteroatoms. The van der Waals surface area contributed by atoms with Gasteiger partial charge in [-0.1, -0.05) is 11.8 Å². The van der Waals surface area contributed by atoms with Crippen molar-refractivity contribution in [3.8, 4) is 5.75 Å². The Hall–Kier alpha value is -1.95. The lowest BCUT2D eigenvalue weighted by molar-refractivity contribution is -0.138. The molecule has 1 heterocycles. The van der Waals surface area contributed by atoms with Gasteiger partial charge in [-0.25, -0.2) is 9.79 Å². The Kier molecular flexibility index (Phi) is 4.68. The molecule has 1 aromatic carbocycles. The minimum Gasteiger partial charge on any atom is -0.510 e. The smallest absolute Gasteiger partial charge is 0.344 e. The van der Waals surface area contributed by atoms with Gasteiger partial charge in [-0.2, -0.15) is 0 Å². The summed E-state index contributed by atoms with van der Waals surface area (Å²) in [7, 11) is 1.59. The molecule has 1 aliphatic rings. The number of esters is 1. The van der Waals surface area contributed by atoms with Gasteiger partial charge < -0.3 is 14.6 Å². The summed E-state index contributed by atoms with van der Waals surface area (Å²) in [5, 5.41) is 10.3. The Morgan fingerprint density at radius 3 is 2.70 bits per heavy atom. The first kappa shape index (κ1) is 14.5. The maximum absolute atomic E-state index is 11.8. The summed E-state index contributed by atoms with van der Waals surface area (Å²) >= 11 is 1.31. The second-order valence-corrected chi connectivity index (χ2v) is 4.91. The minimum atomic E-state index is -0.540. The van der Waals surface area contributed by atoms with E-state index in [-0.39, 0.29) is 17.9 Å². The van der Waals surface area contributed by atoms with Gasteiger partial charge in [0.05, 0.1) is 25.2 Å². The summed E-state index contributed by atoms with van der Waals surface area (Å²) in [5.41, 5.74) is 0.845. The Balaban J connectivity index is 2.26. The zero-order valence-corrected chi connectivity index (χ0v) is 12.1. The quantitative estimate of drug-likeness (QED) is 0.865. The Morgan fingerprint density at radius 2 is 2.10 bits per heavy atom. The number of aliphatic hydroxyl groups excluding tert-OH is 1. The van der Waals surface area contributed by atoms with Crippen LogP contribution in [0.2, 0.25) is 0 Å². The number of methoxy groups -OCH3 is 1. The van der Waals surface area contributed by atoms with Crippen LogP contribution in [0.4, 0.5) is 5.69 Å². The van der Waals surface area contributed by atoms with Crippen molar-refractivity contribution in [2.75, 3.05) is 19.5 Å². The third kappa shape index (κ3) is 3.14. The molecule has 0 unspecified atom stereocenters. The third-order valence-electron chi connectivity index (χ3n) is 2.63. The van der Waals surface area contributed by atoms with Crippen molar-refractivity contribution >= 4 is 28.5 Å². The number of carbonyl (C=O) groups excluding carboxylic acids is 1. The number of benzene rings is 1. The fourth-order valence-electron chi connectivity index (χ4n) is 1.68. The van der Waals surface area contributed by atoms with Crippen LogP contribution in [-0.4, -0.2) is 35.6 Å². The number of rotatable bonds is 4. The Morgan fingerprint density at radius 1 is 1.40 bits per heavy atom. The van der Waals surface area contributed by atoms with Gasteiger partial charge in [0.25, 0.3) is 0 Å². The second kappa shape index (κ2) is 6.47. The molecule has 0 radical (unpaired) electrons. The largest absolute Gasteiger partial charge is 0.510 e. The van der Waals surface area contributed by atoms with Crippen LogP contribution in [0.15, 0.2) is 40.6 Å². The van der Waals surface area contributed by atoms with Crippen LogP contribution in [0.1, 0.15) is 6.92 Å². The van der Waals surface area contributed by atoms with Gasteiger partial charge >= 0.3 is 5.97 Å². The van der Waals surface area contributed by atoms with Gasteiger partial charge in [-0.15, -0.1) is 0 Å². The van der Waals surface area contributed by atoms with Crippen molar-refractivity contribution in [2.24, 2.45) is 4.99 Å². The van der Waals surface area contributed by atoms with Crippen LogP contribution in [-0.2, 0) is 9.53 Å². The van der Waals surface area contributed by atoms with E-state index >= 15 is 0 Å². The van der Waals surface area contributed by atoms with Crippen LogP contribution >= 0.6 is 11.8 Å². The first-order valence-electron chi connectivity index (χ1n) is 6.10. The van der Waals surface area contributed by atoms with E-state index in [9.17, 15) is 9.90 Å². The predicted molar refractivity (Wildman–Crippen MR) is 78.8 cm³/mol. The molecule has 0 aliphatic carbocycles. The van der Waals surface area contributed by atoms with Crippen LogP contribution in [0.5, 0.6) is 5.75 Å². The molecule has 0 saturated heterocycles. The molecule has 1 N–H and O–H groups in total. The highest BCUT2D eigenvalue weighted by Crippen LogP contribution is 2.30. The number of thioether (sulfide) groups is 1. The molecule has 0 spiro atoms. The van der Waals surface area contributed by atoms with E-state index in [4.69, 9.17) is 9.47 Å². The maximum atomic E-state index is 11.8. The zero-order valence-electron chi connectivity index (χ0n) is 11.3. The first-order valence-corrected chi connectivity index (χ1v) is 7.09.